The highest BCUT2D eigenvalue weighted by Crippen LogP contribution is 2.40. The van der Waals surface area contributed by atoms with E-state index >= 15 is 0 Å². The van der Waals surface area contributed by atoms with Crippen molar-refractivity contribution in [2.75, 3.05) is 4.90 Å². The number of fused-ring (bicyclic) bond motifs is 1. The van der Waals surface area contributed by atoms with Crippen molar-refractivity contribution in [3.05, 3.63) is 123 Å². The maximum atomic E-state index is 13.5. The minimum Gasteiger partial charge on any atom is -0.501 e. The van der Waals surface area contributed by atoms with E-state index in [-0.39, 0.29) is 18.3 Å². The van der Waals surface area contributed by atoms with Gasteiger partial charge in [0, 0.05) is 24.2 Å². The summed E-state index contributed by atoms with van der Waals surface area (Å²) in [6.45, 7) is 0.0376. The number of benzene rings is 3. The average Bonchev–Trinajstić information content (AvgIpc) is 3.29. The van der Waals surface area contributed by atoms with Gasteiger partial charge in [-0.15, -0.1) is 0 Å². The van der Waals surface area contributed by atoms with E-state index in [1.807, 2.05) is 30.3 Å². The zero-order valence-electron chi connectivity index (χ0n) is 18.9. The number of carbonyl (C=O) groups excluding carboxylic acids is 2. The summed E-state index contributed by atoms with van der Waals surface area (Å²) in [5.74, 6) is -2.22. The number of rotatable bonds is 5. The van der Waals surface area contributed by atoms with Gasteiger partial charge in [-0.2, -0.15) is 0 Å². The van der Waals surface area contributed by atoms with Crippen molar-refractivity contribution in [3.63, 3.8) is 0 Å². The molecular formula is C27H21FN4O4. The van der Waals surface area contributed by atoms with Crippen LogP contribution in [0.25, 0.3) is 0 Å². The summed E-state index contributed by atoms with van der Waals surface area (Å²) < 4.78 is 13.1. The van der Waals surface area contributed by atoms with Gasteiger partial charge in [-0.05, 0) is 41.5 Å². The quantitative estimate of drug-likeness (QED) is 0.401. The molecule has 3 aromatic carbocycles. The smallest absolute Gasteiger partial charge is 0.294 e. The highest BCUT2D eigenvalue weighted by molar-refractivity contribution is 6.07. The molecule has 0 aliphatic carbocycles. The van der Waals surface area contributed by atoms with Gasteiger partial charge in [0.05, 0.1) is 6.04 Å². The summed E-state index contributed by atoms with van der Waals surface area (Å²) in [6.07, 6.45) is 0.360. The Morgan fingerprint density at radius 2 is 1.72 bits per heavy atom. The lowest BCUT2D eigenvalue weighted by Gasteiger charge is -2.25. The van der Waals surface area contributed by atoms with Crippen LogP contribution >= 0.6 is 0 Å². The van der Waals surface area contributed by atoms with Gasteiger partial charge in [0.1, 0.15) is 11.6 Å². The van der Waals surface area contributed by atoms with E-state index in [4.69, 9.17) is 0 Å². The van der Waals surface area contributed by atoms with Crippen LogP contribution < -0.4 is 15.8 Å². The van der Waals surface area contributed by atoms with Gasteiger partial charge in [0.15, 0.2) is 5.69 Å². The van der Waals surface area contributed by atoms with Crippen LogP contribution in [0.3, 0.4) is 0 Å². The maximum Gasteiger partial charge on any atom is 0.294 e. The highest BCUT2D eigenvalue weighted by Gasteiger charge is 2.37. The molecule has 2 heterocycles. The van der Waals surface area contributed by atoms with Crippen molar-refractivity contribution in [2.24, 2.45) is 0 Å². The lowest BCUT2D eigenvalue weighted by Crippen LogP contribution is -2.35. The van der Waals surface area contributed by atoms with Crippen molar-refractivity contribution < 1.29 is 19.1 Å². The molecule has 8 nitrogen and oxygen atoms in total. The van der Waals surface area contributed by atoms with Crippen molar-refractivity contribution >= 4 is 17.5 Å². The average molecular weight is 484 g/mol. The largest absolute Gasteiger partial charge is 0.501 e. The van der Waals surface area contributed by atoms with Crippen LogP contribution in [0, 0.1) is 5.82 Å². The molecule has 2 amide bonds. The predicted octanol–water partition coefficient (Wildman–Crippen LogP) is 3.49. The van der Waals surface area contributed by atoms with Gasteiger partial charge in [-0.3, -0.25) is 19.3 Å². The third kappa shape index (κ3) is 4.34. The molecule has 0 fully saturated rings. The zero-order chi connectivity index (χ0) is 25.2. The zero-order valence-corrected chi connectivity index (χ0v) is 18.9. The number of nitrogens with one attached hydrogen (secondary N) is 2. The number of aromatic hydroxyl groups is 1. The van der Waals surface area contributed by atoms with Gasteiger partial charge in [-0.25, -0.2) is 9.37 Å². The number of aromatic nitrogens is 2. The first-order valence-corrected chi connectivity index (χ1v) is 11.2. The predicted molar refractivity (Wildman–Crippen MR) is 130 cm³/mol. The van der Waals surface area contributed by atoms with E-state index in [2.05, 4.69) is 15.3 Å². The van der Waals surface area contributed by atoms with E-state index in [0.717, 1.165) is 5.56 Å². The molecule has 0 saturated carbocycles. The Balaban J connectivity index is 1.49. The number of hydrogen-bond acceptors (Lipinski definition) is 5. The van der Waals surface area contributed by atoms with Gasteiger partial charge >= 0.3 is 0 Å². The van der Waals surface area contributed by atoms with Crippen molar-refractivity contribution in [1.29, 1.82) is 0 Å². The molecule has 1 aliphatic rings. The first-order valence-electron chi connectivity index (χ1n) is 11.2. The lowest BCUT2D eigenvalue weighted by atomic mass is 10.1. The Bertz CT molecular complexity index is 1500. The standard InChI is InChI=1S/C27H21FN4O4/c28-19-12-10-16(11-13-19)15-29-25(34)22-23(33)26(35)31-24(30-22)21-14-18-8-4-5-9-20(18)32(21)27(36)17-6-2-1-3-7-17/h1-13,21,33H,14-15H2,(H,29,34)(H,30,31,35). The third-order valence-electron chi connectivity index (χ3n) is 6.03. The van der Waals surface area contributed by atoms with Crippen LogP contribution in [0.15, 0.2) is 83.7 Å². The number of nitrogens with zero attached hydrogens (tertiary/aromatic N) is 2. The molecule has 1 atom stereocenters. The van der Waals surface area contributed by atoms with Crippen LogP contribution in [0.4, 0.5) is 10.1 Å². The molecule has 0 spiro atoms. The molecule has 0 bridgehead atoms. The number of H-pyrrole nitrogens is 1. The second-order valence-corrected chi connectivity index (χ2v) is 8.35. The van der Waals surface area contributed by atoms with E-state index in [1.54, 1.807) is 29.2 Å². The number of aromatic amines is 1. The summed E-state index contributed by atoms with van der Waals surface area (Å²) in [5.41, 5.74) is 1.28. The van der Waals surface area contributed by atoms with E-state index in [1.165, 1.54) is 24.3 Å². The normalized spacial score (nSPS) is 14.4. The van der Waals surface area contributed by atoms with E-state index < -0.39 is 34.8 Å². The van der Waals surface area contributed by atoms with E-state index in [0.29, 0.717) is 23.2 Å². The van der Waals surface area contributed by atoms with Crippen LogP contribution in [0.2, 0.25) is 0 Å². The molecule has 1 unspecified atom stereocenters. The molecule has 36 heavy (non-hydrogen) atoms. The fourth-order valence-electron chi connectivity index (χ4n) is 4.24. The second-order valence-electron chi connectivity index (χ2n) is 8.35. The monoisotopic (exact) mass is 484 g/mol. The maximum absolute atomic E-state index is 13.5. The van der Waals surface area contributed by atoms with Crippen LogP contribution in [-0.2, 0) is 13.0 Å². The number of anilines is 1. The number of carbonyl (C=O) groups is 2. The fraction of sp³-hybridized carbons (Fsp3) is 0.111. The van der Waals surface area contributed by atoms with Gasteiger partial charge in [-0.1, -0.05) is 48.5 Å². The first-order chi connectivity index (χ1) is 17.4. The lowest BCUT2D eigenvalue weighted by molar-refractivity contribution is 0.0941. The minimum absolute atomic E-state index is 0.0376. The fourth-order valence-corrected chi connectivity index (χ4v) is 4.24. The molecule has 180 valence electrons. The molecule has 1 aromatic heterocycles. The number of hydrogen-bond donors (Lipinski definition) is 3. The molecule has 3 N–H and O–H groups in total. The Morgan fingerprint density at radius 1 is 1.03 bits per heavy atom. The topological polar surface area (TPSA) is 115 Å². The summed E-state index contributed by atoms with van der Waals surface area (Å²) >= 11 is 0. The van der Waals surface area contributed by atoms with Crippen molar-refractivity contribution in [1.82, 2.24) is 15.3 Å². The summed E-state index contributed by atoms with van der Waals surface area (Å²) in [6, 6.07) is 20.9. The molecule has 4 aromatic rings. The Morgan fingerprint density at radius 3 is 2.47 bits per heavy atom. The van der Waals surface area contributed by atoms with Crippen LogP contribution in [0.5, 0.6) is 5.75 Å². The molecule has 9 heteroatoms. The number of para-hydroxylation sites is 1. The van der Waals surface area contributed by atoms with Crippen LogP contribution in [0.1, 0.15) is 43.8 Å². The van der Waals surface area contributed by atoms with Crippen molar-refractivity contribution in [2.45, 2.75) is 19.0 Å². The minimum atomic E-state index is -0.894. The van der Waals surface area contributed by atoms with Crippen LogP contribution in [-0.4, -0.2) is 26.9 Å². The van der Waals surface area contributed by atoms with Gasteiger partial charge < -0.3 is 15.4 Å². The molecule has 5 rings (SSSR count). The molecule has 1 aliphatic heterocycles. The second kappa shape index (κ2) is 9.46. The van der Waals surface area contributed by atoms with E-state index in [9.17, 15) is 23.9 Å². The summed E-state index contributed by atoms with van der Waals surface area (Å²) in [4.78, 5) is 47.3. The molecular weight excluding hydrogens is 463 g/mol. The third-order valence-corrected chi connectivity index (χ3v) is 6.03. The van der Waals surface area contributed by atoms with Gasteiger partial charge in [0.2, 0.25) is 5.75 Å². The number of halogens is 1. The Hall–Kier alpha value is -4.79. The SMILES string of the molecule is O=C(NCc1ccc(F)cc1)c1nc(C2Cc3ccccc3N2C(=O)c2ccccc2)[nH]c(=O)c1O. The van der Waals surface area contributed by atoms with Crippen molar-refractivity contribution in [3.8, 4) is 5.75 Å². The molecule has 0 radical (unpaired) electrons. The number of amides is 2. The summed E-state index contributed by atoms with van der Waals surface area (Å²) in [5, 5.41) is 12.9. The first kappa shape index (κ1) is 23.0. The Labute approximate surface area is 205 Å². The molecule has 0 saturated heterocycles. The van der Waals surface area contributed by atoms with Gasteiger partial charge in [0.25, 0.3) is 17.4 Å². The Kier molecular flexibility index (Phi) is 6.03. The summed E-state index contributed by atoms with van der Waals surface area (Å²) in [7, 11) is 0. The highest BCUT2D eigenvalue weighted by atomic mass is 19.1.